The van der Waals surface area contributed by atoms with E-state index in [0.29, 0.717) is 11.3 Å². The second-order valence-corrected chi connectivity index (χ2v) is 5.35. The SMILES string of the molecule is CCCOc1cccnc1NCC1CCCC1Cl. The van der Waals surface area contributed by atoms with Gasteiger partial charge in [-0.05, 0) is 37.3 Å². The summed E-state index contributed by atoms with van der Waals surface area (Å²) in [6.45, 7) is 3.70. The van der Waals surface area contributed by atoms with Crippen LogP contribution in [0.1, 0.15) is 32.6 Å². The standard InChI is InChI=1S/C14H21ClN2O/c1-2-9-18-13-7-4-8-16-14(13)17-10-11-5-3-6-12(11)15/h4,7-8,11-12H,2-3,5-6,9-10H2,1H3,(H,16,17). The van der Waals surface area contributed by atoms with Gasteiger partial charge in [0, 0.05) is 18.1 Å². The molecule has 0 amide bonds. The number of ether oxygens (including phenoxy) is 1. The van der Waals surface area contributed by atoms with Crippen LogP contribution in [0.4, 0.5) is 5.82 Å². The van der Waals surface area contributed by atoms with E-state index in [0.717, 1.165) is 37.6 Å². The van der Waals surface area contributed by atoms with Gasteiger partial charge in [0.1, 0.15) is 0 Å². The molecule has 1 aliphatic rings. The number of hydrogen-bond acceptors (Lipinski definition) is 3. The summed E-state index contributed by atoms with van der Waals surface area (Å²) in [5.74, 6) is 2.22. The van der Waals surface area contributed by atoms with Crippen LogP contribution >= 0.6 is 11.6 Å². The van der Waals surface area contributed by atoms with Crippen LogP contribution in [0.5, 0.6) is 5.75 Å². The van der Waals surface area contributed by atoms with E-state index in [1.54, 1.807) is 6.20 Å². The van der Waals surface area contributed by atoms with E-state index in [1.165, 1.54) is 12.8 Å². The van der Waals surface area contributed by atoms with Crippen molar-refractivity contribution in [3.8, 4) is 5.75 Å². The van der Waals surface area contributed by atoms with Gasteiger partial charge in [-0.1, -0.05) is 13.3 Å². The van der Waals surface area contributed by atoms with Gasteiger partial charge in [0.25, 0.3) is 0 Å². The summed E-state index contributed by atoms with van der Waals surface area (Å²) in [4.78, 5) is 4.34. The maximum atomic E-state index is 6.28. The molecular weight excluding hydrogens is 248 g/mol. The Hall–Kier alpha value is -0.960. The highest BCUT2D eigenvalue weighted by Crippen LogP contribution is 2.31. The zero-order chi connectivity index (χ0) is 12.8. The lowest BCUT2D eigenvalue weighted by Crippen LogP contribution is -2.19. The Bertz CT molecular complexity index is 373. The molecule has 1 aromatic rings. The summed E-state index contributed by atoms with van der Waals surface area (Å²) in [7, 11) is 0. The predicted molar refractivity (Wildman–Crippen MR) is 75.5 cm³/mol. The fourth-order valence-corrected chi connectivity index (χ4v) is 2.67. The van der Waals surface area contributed by atoms with E-state index in [9.17, 15) is 0 Å². The molecule has 0 bridgehead atoms. The number of pyridine rings is 1. The highest BCUT2D eigenvalue weighted by Gasteiger charge is 2.25. The molecule has 3 nitrogen and oxygen atoms in total. The molecule has 1 N–H and O–H groups in total. The van der Waals surface area contributed by atoms with Gasteiger partial charge in [-0.3, -0.25) is 0 Å². The summed E-state index contributed by atoms with van der Waals surface area (Å²) < 4.78 is 5.67. The van der Waals surface area contributed by atoms with Crippen molar-refractivity contribution in [1.82, 2.24) is 4.98 Å². The fourth-order valence-electron chi connectivity index (χ4n) is 2.30. The normalized spacial score (nSPS) is 23.0. The molecule has 1 saturated carbocycles. The van der Waals surface area contributed by atoms with Gasteiger partial charge in [0.2, 0.25) is 0 Å². The van der Waals surface area contributed by atoms with Gasteiger partial charge in [-0.25, -0.2) is 4.98 Å². The first-order valence-electron chi connectivity index (χ1n) is 6.77. The van der Waals surface area contributed by atoms with Crippen LogP contribution in [-0.2, 0) is 0 Å². The molecule has 2 atom stereocenters. The Morgan fingerprint density at radius 3 is 3.11 bits per heavy atom. The molecule has 0 aromatic carbocycles. The number of alkyl halides is 1. The van der Waals surface area contributed by atoms with Crippen LogP contribution < -0.4 is 10.1 Å². The quantitative estimate of drug-likeness (QED) is 0.799. The fraction of sp³-hybridized carbons (Fsp3) is 0.643. The number of aromatic nitrogens is 1. The van der Waals surface area contributed by atoms with Crippen molar-refractivity contribution in [2.45, 2.75) is 38.0 Å². The van der Waals surface area contributed by atoms with E-state index >= 15 is 0 Å². The molecule has 1 heterocycles. The summed E-state index contributed by atoms with van der Waals surface area (Å²) >= 11 is 6.28. The average Bonchev–Trinajstić information content (AvgIpc) is 2.80. The van der Waals surface area contributed by atoms with Crippen molar-refractivity contribution in [2.24, 2.45) is 5.92 Å². The van der Waals surface area contributed by atoms with E-state index in [-0.39, 0.29) is 0 Å². The number of halogens is 1. The third-order valence-electron chi connectivity index (χ3n) is 3.33. The lowest BCUT2D eigenvalue weighted by molar-refractivity contribution is 0.317. The zero-order valence-electron chi connectivity index (χ0n) is 10.9. The van der Waals surface area contributed by atoms with Crippen molar-refractivity contribution in [3.05, 3.63) is 18.3 Å². The minimum absolute atomic E-state index is 0.307. The number of nitrogens with one attached hydrogen (secondary N) is 1. The molecule has 2 unspecified atom stereocenters. The molecule has 1 aliphatic carbocycles. The van der Waals surface area contributed by atoms with Crippen LogP contribution in [0.3, 0.4) is 0 Å². The highest BCUT2D eigenvalue weighted by molar-refractivity contribution is 6.20. The summed E-state index contributed by atoms with van der Waals surface area (Å²) in [6, 6.07) is 3.86. The third kappa shape index (κ3) is 3.52. The monoisotopic (exact) mass is 268 g/mol. The Morgan fingerprint density at radius 1 is 1.50 bits per heavy atom. The van der Waals surface area contributed by atoms with Crippen LogP contribution in [0.25, 0.3) is 0 Å². The van der Waals surface area contributed by atoms with Crippen molar-refractivity contribution < 1.29 is 4.74 Å². The Morgan fingerprint density at radius 2 is 2.39 bits per heavy atom. The van der Waals surface area contributed by atoms with Crippen LogP contribution in [-0.4, -0.2) is 23.5 Å². The molecule has 2 rings (SSSR count). The average molecular weight is 269 g/mol. The lowest BCUT2D eigenvalue weighted by atomic mass is 10.1. The lowest BCUT2D eigenvalue weighted by Gasteiger charge is -2.16. The second-order valence-electron chi connectivity index (χ2n) is 4.79. The highest BCUT2D eigenvalue weighted by atomic mass is 35.5. The van der Waals surface area contributed by atoms with Crippen LogP contribution in [0.2, 0.25) is 0 Å². The molecular formula is C14H21ClN2O. The molecule has 0 aliphatic heterocycles. The van der Waals surface area contributed by atoms with Crippen molar-refractivity contribution in [1.29, 1.82) is 0 Å². The molecule has 0 spiro atoms. The first kappa shape index (κ1) is 13.5. The third-order valence-corrected chi connectivity index (χ3v) is 3.90. The van der Waals surface area contributed by atoms with E-state index in [1.807, 2.05) is 12.1 Å². The van der Waals surface area contributed by atoms with Gasteiger partial charge in [0.15, 0.2) is 11.6 Å². The van der Waals surface area contributed by atoms with Gasteiger partial charge in [0.05, 0.1) is 6.61 Å². The summed E-state index contributed by atoms with van der Waals surface area (Å²) in [5, 5.41) is 3.68. The Balaban J connectivity index is 1.91. The number of hydrogen-bond donors (Lipinski definition) is 1. The number of nitrogens with zero attached hydrogens (tertiary/aromatic N) is 1. The summed E-state index contributed by atoms with van der Waals surface area (Å²) in [5.41, 5.74) is 0. The van der Waals surface area contributed by atoms with Crippen molar-refractivity contribution in [3.63, 3.8) is 0 Å². The molecule has 1 fully saturated rings. The smallest absolute Gasteiger partial charge is 0.168 e. The first-order chi connectivity index (χ1) is 8.81. The second kappa shape index (κ2) is 6.83. The van der Waals surface area contributed by atoms with Gasteiger partial charge in [-0.2, -0.15) is 0 Å². The van der Waals surface area contributed by atoms with Gasteiger partial charge in [-0.15, -0.1) is 11.6 Å². The maximum Gasteiger partial charge on any atom is 0.168 e. The molecule has 4 heteroatoms. The van der Waals surface area contributed by atoms with Crippen LogP contribution in [0, 0.1) is 5.92 Å². The molecule has 0 radical (unpaired) electrons. The molecule has 1 aromatic heterocycles. The number of rotatable bonds is 6. The molecule has 18 heavy (non-hydrogen) atoms. The minimum Gasteiger partial charge on any atom is -0.490 e. The molecule has 100 valence electrons. The van der Waals surface area contributed by atoms with E-state index in [4.69, 9.17) is 16.3 Å². The topological polar surface area (TPSA) is 34.1 Å². The first-order valence-corrected chi connectivity index (χ1v) is 7.20. The van der Waals surface area contributed by atoms with Crippen molar-refractivity contribution in [2.75, 3.05) is 18.5 Å². The largest absolute Gasteiger partial charge is 0.490 e. The van der Waals surface area contributed by atoms with Crippen molar-refractivity contribution >= 4 is 17.4 Å². The van der Waals surface area contributed by atoms with Gasteiger partial charge >= 0.3 is 0 Å². The van der Waals surface area contributed by atoms with Crippen LogP contribution in [0.15, 0.2) is 18.3 Å². The zero-order valence-corrected chi connectivity index (χ0v) is 11.6. The summed E-state index contributed by atoms with van der Waals surface area (Å²) in [6.07, 6.45) is 6.37. The minimum atomic E-state index is 0.307. The maximum absolute atomic E-state index is 6.28. The van der Waals surface area contributed by atoms with E-state index in [2.05, 4.69) is 17.2 Å². The van der Waals surface area contributed by atoms with E-state index < -0.39 is 0 Å². The predicted octanol–water partition coefficient (Wildman–Crippen LogP) is 3.69. The Kier molecular flexibility index (Phi) is 5.12. The van der Waals surface area contributed by atoms with Gasteiger partial charge < -0.3 is 10.1 Å². The number of anilines is 1. The molecule has 0 saturated heterocycles. The Labute approximate surface area is 114 Å².